The van der Waals surface area contributed by atoms with Gasteiger partial charge in [-0.15, -0.1) is 11.3 Å². The zero-order valence-electron chi connectivity index (χ0n) is 10.2. The number of nitrogens with one attached hydrogen (secondary N) is 2. The summed E-state index contributed by atoms with van der Waals surface area (Å²) in [7, 11) is 0. The molecular formula is C11H15N3O3S. The van der Waals surface area contributed by atoms with Crippen molar-refractivity contribution in [2.24, 2.45) is 5.92 Å². The monoisotopic (exact) mass is 269 g/mol. The van der Waals surface area contributed by atoms with Crippen LogP contribution in [0.2, 0.25) is 0 Å². The van der Waals surface area contributed by atoms with Gasteiger partial charge in [-0.2, -0.15) is 0 Å². The maximum absolute atomic E-state index is 11.7. The molecule has 0 aromatic carbocycles. The number of carbonyl (C=O) groups excluding carboxylic acids is 1. The molecule has 3 N–H and O–H groups in total. The second-order valence-corrected chi connectivity index (χ2v) is 5.62. The molecule has 1 aliphatic rings. The van der Waals surface area contributed by atoms with Crippen molar-refractivity contribution in [1.29, 1.82) is 0 Å². The second kappa shape index (κ2) is 4.93. The Hall–Kier alpha value is -1.63. The molecule has 0 aliphatic heterocycles. The number of aryl methyl sites for hydroxylation is 2. The standard InChI is InChI=1S/C11H15N3O3S/c1-5-6(2)18-11(12-5)14-10(17)13-8(9(15)16)7-3-4-7/h7-8H,3-4H2,1-2H3,(H,15,16)(H2,12,13,14,17). The average Bonchev–Trinajstić information content (AvgIpc) is 3.04. The summed E-state index contributed by atoms with van der Waals surface area (Å²) in [4.78, 5) is 27.8. The fourth-order valence-corrected chi connectivity index (χ4v) is 2.42. The summed E-state index contributed by atoms with van der Waals surface area (Å²) in [6.45, 7) is 3.78. The van der Waals surface area contributed by atoms with Crippen molar-refractivity contribution in [2.75, 3.05) is 5.32 Å². The molecule has 1 aromatic heterocycles. The second-order valence-electron chi connectivity index (χ2n) is 4.41. The first-order valence-corrected chi connectivity index (χ1v) is 6.53. The molecule has 2 amide bonds. The van der Waals surface area contributed by atoms with Gasteiger partial charge >= 0.3 is 12.0 Å². The topological polar surface area (TPSA) is 91.3 Å². The summed E-state index contributed by atoms with van der Waals surface area (Å²) in [6.07, 6.45) is 1.71. The number of hydrogen-bond donors (Lipinski definition) is 3. The van der Waals surface area contributed by atoms with Gasteiger partial charge in [-0.25, -0.2) is 14.6 Å². The van der Waals surface area contributed by atoms with Crippen LogP contribution in [-0.4, -0.2) is 28.1 Å². The lowest BCUT2D eigenvalue weighted by atomic mass is 10.2. The number of thiazole rings is 1. The summed E-state index contributed by atoms with van der Waals surface area (Å²) in [5.74, 6) is -0.924. The molecule has 1 fully saturated rings. The highest BCUT2D eigenvalue weighted by molar-refractivity contribution is 7.15. The van der Waals surface area contributed by atoms with Gasteiger partial charge in [0.1, 0.15) is 6.04 Å². The fraction of sp³-hybridized carbons (Fsp3) is 0.545. The van der Waals surface area contributed by atoms with Crippen LogP contribution in [0.4, 0.5) is 9.93 Å². The molecule has 1 heterocycles. The Morgan fingerprint density at radius 1 is 1.44 bits per heavy atom. The van der Waals surface area contributed by atoms with Gasteiger partial charge in [0.15, 0.2) is 5.13 Å². The maximum atomic E-state index is 11.7. The molecule has 0 radical (unpaired) electrons. The highest BCUT2D eigenvalue weighted by Gasteiger charge is 2.37. The largest absolute Gasteiger partial charge is 0.480 e. The lowest BCUT2D eigenvalue weighted by Crippen LogP contribution is -2.44. The van der Waals surface area contributed by atoms with Crippen LogP contribution < -0.4 is 10.6 Å². The number of carbonyl (C=O) groups is 2. The molecule has 2 rings (SSSR count). The van der Waals surface area contributed by atoms with Crippen LogP contribution in [0.25, 0.3) is 0 Å². The Balaban J connectivity index is 1.93. The van der Waals surface area contributed by atoms with Crippen molar-refractivity contribution in [3.8, 4) is 0 Å². The van der Waals surface area contributed by atoms with E-state index in [1.807, 2.05) is 13.8 Å². The molecular weight excluding hydrogens is 254 g/mol. The van der Waals surface area contributed by atoms with Gasteiger partial charge in [0.2, 0.25) is 0 Å². The smallest absolute Gasteiger partial charge is 0.326 e. The summed E-state index contributed by atoms with van der Waals surface area (Å²) < 4.78 is 0. The number of amides is 2. The van der Waals surface area contributed by atoms with Crippen molar-refractivity contribution in [3.05, 3.63) is 10.6 Å². The molecule has 1 atom stereocenters. The number of carboxylic acids is 1. The highest BCUT2D eigenvalue weighted by atomic mass is 32.1. The SMILES string of the molecule is Cc1nc(NC(=O)NC(C(=O)O)C2CC2)sc1C. The number of nitrogens with zero attached hydrogens (tertiary/aromatic N) is 1. The number of aliphatic carboxylic acids is 1. The van der Waals surface area contributed by atoms with Crippen molar-refractivity contribution in [3.63, 3.8) is 0 Å². The molecule has 0 saturated heterocycles. The zero-order chi connectivity index (χ0) is 13.3. The van der Waals surface area contributed by atoms with Crippen LogP contribution in [0.15, 0.2) is 0 Å². The van der Waals surface area contributed by atoms with Gasteiger partial charge in [0, 0.05) is 4.88 Å². The van der Waals surface area contributed by atoms with Crippen LogP contribution in [0, 0.1) is 19.8 Å². The molecule has 1 aromatic rings. The number of carboxylic acid groups (broad SMARTS) is 1. The molecule has 1 saturated carbocycles. The third-order valence-electron chi connectivity index (χ3n) is 2.90. The summed E-state index contributed by atoms with van der Waals surface area (Å²) in [5, 5.41) is 14.5. The quantitative estimate of drug-likeness (QED) is 0.776. The van der Waals surface area contributed by atoms with Crippen molar-refractivity contribution < 1.29 is 14.7 Å². The minimum atomic E-state index is -0.987. The minimum absolute atomic E-state index is 0.0630. The van der Waals surface area contributed by atoms with Crippen molar-refractivity contribution in [2.45, 2.75) is 32.7 Å². The molecule has 6 nitrogen and oxygen atoms in total. The van der Waals surface area contributed by atoms with Crippen LogP contribution in [-0.2, 0) is 4.79 Å². The number of urea groups is 1. The maximum Gasteiger partial charge on any atom is 0.326 e. The first-order valence-electron chi connectivity index (χ1n) is 5.71. The third kappa shape index (κ3) is 2.98. The van der Waals surface area contributed by atoms with E-state index in [1.54, 1.807) is 0 Å². The Kier molecular flexibility index (Phi) is 3.51. The van der Waals surface area contributed by atoms with E-state index in [2.05, 4.69) is 15.6 Å². The summed E-state index contributed by atoms with van der Waals surface area (Å²) >= 11 is 1.37. The Bertz CT molecular complexity index is 462. The molecule has 1 aliphatic carbocycles. The Morgan fingerprint density at radius 2 is 2.11 bits per heavy atom. The molecule has 1 unspecified atom stereocenters. The van der Waals surface area contributed by atoms with Gasteiger partial charge < -0.3 is 10.4 Å². The lowest BCUT2D eigenvalue weighted by molar-refractivity contribution is -0.139. The first kappa shape index (κ1) is 12.8. The highest BCUT2D eigenvalue weighted by Crippen LogP contribution is 2.32. The van der Waals surface area contributed by atoms with E-state index in [1.165, 1.54) is 11.3 Å². The number of aromatic nitrogens is 1. The van der Waals surface area contributed by atoms with Crippen LogP contribution in [0.1, 0.15) is 23.4 Å². The van der Waals surface area contributed by atoms with Gasteiger partial charge in [0.05, 0.1) is 5.69 Å². The normalized spacial score (nSPS) is 16.1. The zero-order valence-corrected chi connectivity index (χ0v) is 11.0. The average molecular weight is 269 g/mol. The van der Waals surface area contributed by atoms with E-state index < -0.39 is 18.0 Å². The van der Waals surface area contributed by atoms with Crippen LogP contribution in [0.5, 0.6) is 0 Å². The fourth-order valence-electron chi connectivity index (χ4n) is 1.61. The van der Waals surface area contributed by atoms with Gasteiger partial charge in [-0.1, -0.05) is 0 Å². The first-order chi connectivity index (χ1) is 8.47. The molecule has 18 heavy (non-hydrogen) atoms. The van der Waals surface area contributed by atoms with E-state index in [-0.39, 0.29) is 5.92 Å². The minimum Gasteiger partial charge on any atom is -0.480 e. The predicted molar refractivity (Wildman–Crippen MR) is 67.9 cm³/mol. The number of anilines is 1. The van der Waals surface area contributed by atoms with Crippen LogP contribution >= 0.6 is 11.3 Å². The molecule has 7 heteroatoms. The van der Waals surface area contributed by atoms with E-state index in [0.29, 0.717) is 5.13 Å². The summed E-state index contributed by atoms with van der Waals surface area (Å²) in [6, 6.07) is -1.31. The van der Waals surface area contributed by atoms with E-state index in [0.717, 1.165) is 23.4 Å². The summed E-state index contributed by atoms with van der Waals surface area (Å²) in [5.41, 5.74) is 0.868. The number of rotatable bonds is 4. The van der Waals surface area contributed by atoms with Crippen molar-refractivity contribution in [1.82, 2.24) is 10.3 Å². The lowest BCUT2D eigenvalue weighted by Gasteiger charge is -2.13. The molecule has 0 bridgehead atoms. The van der Waals surface area contributed by atoms with Gasteiger partial charge in [-0.05, 0) is 32.6 Å². The van der Waals surface area contributed by atoms with Gasteiger partial charge in [-0.3, -0.25) is 5.32 Å². The number of hydrogen-bond acceptors (Lipinski definition) is 4. The predicted octanol–water partition coefficient (Wildman–Crippen LogP) is 1.74. The van der Waals surface area contributed by atoms with E-state index in [4.69, 9.17) is 5.11 Å². The third-order valence-corrected chi connectivity index (χ3v) is 3.88. The van der Waals surface area contributed by atoms with E-state index in [9.17, 15) is 9.59 Å². The van der Waals surface area contributed by atoms with Crippen LogP contribution in [0.3, 0.4) is 0 Å². The molecule has 98 valence electrons. The Morgan fingerprint density at radius 3 is 2.56 bits per heavy atom. The van der Waals surface area contributed by atoms with Crippen molar-refractivity contribution >= 4 is 28.5 Å². The van der Waals surface area contributed by atoms with E-state index >= 15 is 0 Å². The van der Waals surface area contributed by atoms with Gasteiger partial charge in [0.25, 0.3) is 0 Å². The molecule has 0 spiro atoms. The Labute approximate surface area is 108 Å².